The lowest BCUT2D eigenvalue weighted by molar-refractivity contribution is 0.126. The number of nitrogens with zero attached hydrogens (tertiary/aromatic N) is 1. The van der Waals surface area contributed by atoms with Crippen LogP contribution in [-0.4, -0.2) is 28.7 Å². The van der Waals surface area contributed by atoms with Gasteiger partial charge in [0.2, 0.25) is 0 Å². The van der Waals surface area contributed by atoms with Crippen LogP contribution in [-0.2, 0) is 0 Å². The zero-order chi connectivity index (χ0) is 11.4. The fraction of sp³-hybridized carbons (Fsp3) is 0.250. The quantitative estimate of drug-likeness (QED) is 0.830. The third-order valence-electron chi connectivity index (χ3n) is 2.22. The van der Waals surface area contributed by atoms with E-state index in [0.29, 0.717) is 0 Å². The molecule has 0 aliphatic carbocycles. The first-order valence-corrected chi connectivity index (χ1v) is 5.55. The second-order valence-electron chi connectivity index (χ2n) is 3.45. The summed E-state index contributed by atoms with van der Waals surface area (Å²) in [4.78, 5) is 4.22. The molecule has 0 amide bonds. The Morgan fingerprint density at radius 3 is 2.94 bits per heavy atom. The van der Waals surface area contributed by atoms with Crippen molar-refractivity contribution >= 4 is 22.5 Å². The van der Waals surface area contributed by atoms with Crippen LogP contribution in [0.15, 0.2) is 36.5 Å². The summed E-state index contributed by atoms with van der Waals surface area (Å²) in [6.45, 7) is 0.192. The molecule has 1 unspecified atom stereocenters. The van der Waals surface area contributed by atoms with E-state index in [2.05, 4.69) is 4.98 Å². The first-order valence-electron chi connectivity index (χ1n) is 5.02. The van der Waals surface area contributed by atoms with Gasteiger partial charge in [0.05, 0.1) is 11.4 Å². The smallest absolute Gasteiger partial charge is 0.130 e. The van der Waals surface area contributed by atoms with Gasteiger partial charge in [-0.3, -0.25) is 4.98 Å². The minimum absolute atomic E-state index is 0.170. The maximum Gasteiger partial charge on any atom is 0.130 e. The number of para-hydroxylation sites is 1. The lowest BCUT2D eigenvalue weighted by atomic mass is 10.2. The molecule has 0 bridgehead atoms. The van der Waals surface area contributed by atoms with Gasteiger partial charge in [-0.2, -0.15) is 0 Å². The molecule has 1 atom stereocenters. The van der Waals surface area contributed by atoms with Gasteiger partial charge >= 0.3 is 0 Å². The first-order chi connectivity index (χ1) is 7.81. The summed E-state index contributed by atoms with van der Waals surface area (Å²) in [5.41, 5.74) is 0.875. The summed E-state index contributed by atoms with van der Waals surface area (Å²) >= 11 is 5.49. The Morgan fingerprint density at radius 2 is 2.12 bits per heavy atom. The highest BCUT2D eigenvalue weighted by Gasteiger charge is 2.06. The maximum absolute atomic E-state index is 9.32. The molecule has 3 nitrogen and oxygen atoms in total. The van der Waals surface area contributed by atoms with Gasteiger partial charge in [0.15, 0.2) is 0 Å². The molecule has 0 saturated carbocycles. The topological polar surface area (TPSA) is 42.4 Å². The average molecular weight is 238 g/mol. The Labute approximate surface area is 98.6 Å². The number of ether oxygens (including phenoxy) is 1. The molecule has 1 aromatic carbocycles. The number of pyridine rings is 1. The van der Waals surface area contributed by atoms with Gasteiger partial charge in [-0.1, -0.05) is 12.1 Å². The van der Waals surface area contributed by atoms with E-state index in [1.54, 1.807) is 12.3 Å². The van der Waals surface area contributed by atoms with Crippen molar-refractivity contribution in [1.29, 1.82) is 0 Å². The highest BCUT2D eigenvalue weighted by molar-refractivity contribution is 6.18. The van der Waals surface area contributed by atoms with E-state index in [9.17, 15) is 5.11 Å². The number of rotatable bonds is 4. The van der Waals surface area contributed by atoms with Crippen molar-refractivity contribution in [2.45, 2.75) is 6.10 Å². The molecule has 84 valence electrons. The molecule has 2 rings (SSSR count). The Kier molecular flexibility index (Phi) is 3.59. The molecule has 1 N–H and O–H groups in total. The normalized spacial score (nSPS) is 12.6. The number of hydrogen-bond acceptors (Lipinski definition) is 3. The lowest BCUT2D eigenvalue weighted by Crippen LogP contribution is -2.18. The fourth-order valence-electron chi connectivity index (χ4n) is 1.43. The highest BCUT2D eigenvalue weighted by atomic mass is 35.5. The largest absolute Gasteiger partial charge is 0.490 e. The van der Waals surface area contributed by atoms with Crippen LogP contribution in [0.1, 0.15) is 0 Å². The van der Waals surface area contributed by atoms with Gasteiger partial charge in [0.1, 0.15) is 18.5 Å². The molecule has 0 fully saturated rings. The van der Waals surface area contributed by atoms with Crippen LogP contribution >= 0.6 is 11.6 Å². The standard InChI is InChI=1S/C12H12ClNO2/c13-7-9(15)8-16-12-5-6-14-11-4-2-1-3-10(11)12/h1-6,9,15H,7-8H2. The summed E-state index contributed by atoms with van der Waals surface area (Å²) in [6.07, 6.45) is 1.04. The van der Waals surface area contributed by atoms with E-state index in [0.717, 1.165) is 16.7 Å². The number of halogens is 1. The van der Waals surface area contributed by atoms with Gasteiger partial charge in [0, 0.05) is 11.6 Å². The Balaban J connectivity index is 2.23. The molecule has 0 aliphatic rings. The predicted octanol–water partition coefficient (Wildman–Crippen LogP) is 2.21. The van der Waals surface area contributed by atoms with Gasteiger partial charge in [0.25, 0.3) is 0 Å². The highest BCUT2D eigenvalue weighted by Crippen LogP contribution is 2.23. The number of fused-ring (bicyclic) bond motifs is 1. The van der Waals surface area contributed by atoms with E-state index in [1.807, 2.05) is 24.3 Å². The Morgan fingerprint density at radius 1 is 1.31 bits per heavy atom. The number of benzene rings is 1. The zero-order valence-electron chi connectivity index (χ0n) is 8.64. The van der Waals surface area contributed by atoms with Crippen LogP contribution < -0.4 is 4.74 Å². The fourth-order valence-corrected chi connectivity index (χ4v) is 1.52. The average Bonchev–Trinajstić information content (AvgIpc) is 2.35. The molecule has 0 aliphatic heterocycles. The molecule has 0 saturated heterocycles. The van der Waals surface area contributed by atoms with Crippen LogP contribution in [0, 0.1) is 0 Å². The van der Waals surface area contributed by atoms with Crippen LogP contribution in [0.4, 0.5) is 0 Å². The molecule has 0 spiro atoms. The van der Waals surface area contributed by atoms with Gasteiger partial charge < -0.3 is 9.84 Å². The van der Waals surface area contributed by atoms with Crippen LogP contribution in [0.2, 0.25) is 0 Å². The van der Waals surface area contributed by atoms with Crippen molar-refractivity contribution in [3.8, 4) is 5.75 Å². The van der Waals surface area contributed by atoms with Crippen molar-refractivity contribution in [3.05, 3.63) is 36.5 Å². The molecular formula is C12H12ClNO2. The van der Waals surface area contributed by atoms with Gasteiger partial charge in [-0.25, -0.2) is 0 Å². The second kappa shape index (κ2) is 5.14. The van der Waals surface area contributed by atoms with E-state index < -0.39 is 6.10 Å². The third kappa shape index (κ3) is 2.43. The molecule has 2 aromatic rings. The minimum atomic E-state index is -0.645. The zero-order valence-corrected chi connectivity index (χ0v) is 9.39. The summed E-state index contributed by atoms with van der Waals surface area (Å²) in [5.74, 6) is 0.887. The van der Waals surface area contributed by atoms with E-state index in [1.165, 1.54) is 0 Å². The van der Waals surface area contributed by atoms with Crippen molar-refractivity contribution in [2.75, 3.05) is 12.5 Å². The van der Waals surface area contributed by atoms with Crippen molar-refractivity contribution in [3.63, 3.8) is 0 Å². The third-order valence-corrected chi connectivity index (χ3v) is 2.57. The molecule has 4 heteroatoms. The molecule has 0 radical (unpaired) electrons. The Bertz CT molecular complexity index is 470. The number of hydrogen-bond donors (Lipinski definition) is 1. The summed E-state index contributed by atoms with van der Waals surface area (Å²) < 4.78 is 5.50. The molecule has 1 aromatic heterocycles. The van der Waals surface area contributed by atoms with Crippen LogP contribution in [0.3, 0.4) is 0 Å². The van der Waals surface area contributed by atoms with Crippen LogP contribution in [0.25, 0.3) is 10.9 Å². The predicted molar refractivity (Wildman–Crippen MR) is 64.0 cm³/mol. The van der Waals surface area contributed by atoms with Crippen molar-refractivity contribution < 1.29 is 9.84 Å². The maximum atomic E-state index is 9.32. The van der Waals surface area contributed by atoms with Gasteiger partial charge in [-0.15, -0.1) is 11.6 Å². The summed E-state index contributed by atoms with van der Waals surface area (Å²) in [7, 11) is 0. The van der Waals surface area contributed by atoms with Crippen molar-refractivity contribution in [1.82, 2.24) is 4.98 Å². The number of alkyl halides is 1. The lowest BCUT2D eigenvalue weighted by Gasteiger charge is -2.11. The number of aliphatic hydroxyl groups excluding tert-OH is 1. The van der Waals surface area contributed by atoms with Crippen LogP contribution in [0.5, 0.6) is 5.75 Å². The van der Waals surface area contributed by atoms with Gasteiger partial charge in [-0.05, 0) is 18.2 Å². The summed E-state index contributed by atoms with van der Waals surface area (Å²) in [5, 5.41) is 10.3. The second-order valence-corrected chi connectivity index (χ2v) is 3.75. The molecule has 1 heterocycles. The number of aliphatic hydroxyl groups is 1. The van der Waals surface area contributed by atoms with E-state index in [4.69, 9.17) is 16.3 Å². The Hall–Kier alpha value is -1.32. The first kappa shape index (κ1) is 11.2. The van der Waals surface area contributed by atoms with Crippen molar-refractivity contribution in [2.24, 2.45) is 0 Å². The molecular weight excluding hydrogens is 226 g/mol. The minimum Gasteiger partial charge on any atom is -0.490 e. The summed E-state index contributed by atoms with van der Waals surface area (Å²) in [6, 6.07) is 9.48. The van der Waals surface area contributed by atoms with E-state index in [-0.39, 0.29) is 12.5 Å². The molecule has 16 heavy (non-hydrogen) atoms. The van der Waals surface area contributed by atoms with E-state index >= 15 is 0 Å². The number of aromatic nitrogens is 1. The SMILES string of the molecule is OC(CCl)COc1ccnc2ccccc12. The monoisotopic (exact) mass is 237 g/mol.